The van der Waals surface area contributed by atoms with Crippen LogP contribution in [0.3, 0.4) is 0 Å². The molecule has 5 heteroatoms. The Bertz CT molecular complexity index is 807. The van der Waals surface area contributed by atoms with E-state index in [9.17, 15) is 4.79 Å². The Kier molecular flexibility index (Phi) is 4.39. The zero-order valence-electron chi connectivity index (χ0n) is 13.0. The van der Waals surface area contributed by atoms with Gasteiger partial charge < -0.3 is 10.6 Å². The lowest BCUT2D eigenvalue weighted by Gasteiger charge is -2.06. The van der Waals surface area contributed by atoms with Crippen LogP contribution in [0.25, 0.3) is 0 Å². The normalized spacial score (nSPS) is 10.3. The zero-order valence-corrected chi connectivity index (χ0v) is 13.8. The lowest BCUT2D eigenvalue weighted by molar-refractivity contribution is 0.102. The SMILES string of the molecule is Cc1cc(C)cc(NC(=O)c2csc(Nc3ccccc3)n2)c1. The number of nitrogens with zero attached hydrogens (tertiary/aromatic N) is 1. The number of aromatic nitrogens is 1. The van der Waals surface area contributed by atoms with E-state index in [1.165, 1.54) is 11.3 Å². The van der Waals surface area contributed by atoms with Gasteiger partial charge in [0.15, 0.2) is 5.13 Å². The molecular weight excluding hydrogens is 306 g/mol. The predicted octanol–water partition coefficient (Wildman–Crippen LogP) is 4.76. The van der Waals surface area contributed by atoms with Crippen molar-refractivity contribution < 1.29 is 4.79 Å². The summed E-state index contributed by atoms with van der Waals surface area (Å²) in [7, 11) is 0. The van der Waals surface area contributed by atoms with Gasteiger partial charge in [-0.15, -0.1) is 11.3 Å². The highest BCUT2D eigenvalue weighted by Gasteiger charge is 2.11. The summed E-state index contributed by atoms with van der Waals surface area (Å²) in [6, 6.07) is 15.7. The summed E-state index contributed by atoms with van der Waals surface area (Å²) in [6.07, 6.45) is 0. The molecule has 0 aliphatic rings. The van der Waals surface area contributed by atoms with E-state index in [2.05, 4.69) is 21.7 Å². The van der Waals surface area contributed by atoms with E-state index in [0.717, 1.165) is 22.5 Å². The van der Waals surface area contributed by atoms with Crippen LogP contribution in [0.15, 0.2) is 53.9 Å². The minimum atomic E-state index is -0.202. The van der Waals surface area contributed by atoms with Crippen molar-refractivity contribution in [3.8, 4) is 0 Å². The highest BCUT2D eigenvalue weighted by atomic mass is 32.1. The molecule has 116 valence electrons. The molecule has 0 saturated heterocycles. The Morgan fingerprint density at radius 1 is 1.00 bits per heavy atom. The summed E-state index contributed by atoms with van der Waals surface area (Å²) >= 11 is 1.41. The van der Waals surface area contributed by atoms with Gasteiger partial charge in [0, 0.05) is 16.8 Å². The molecule has 3 aromatic rings. The van der Waals surface area contributed by atoms with Crippen molar-refractivity contribution in [3.05, 3.63) is 70.7 Å². The first-order chi connectivity index (χ1) is 11.1. The molecule has 0 fully saturated rings. The molecular formula is C18H17N3OS. The molecule has 23 heavy (non-hydrogen) atoms. The van der Waals surface area contributed by atoms with Gasteiger partial charge in [0.2, 0.25) is 0 Å². The fourth-order valence-corrected chi connectivity index (χ4v) is 3.03. The van der Waals surface area contributed by atoms with Crippen molar-refractivity contribution in [2.75, 3.05) is 10.6 Å². The van der Waals surface area contributed by atoms with Gasteiger partial charge >= 0.3 is 0 Å². The van der Waals surface area contributed by atoms with E-state index in [0.29, 0.717) is 10.8 Å². The van der Waals surface area contributed by atoms with Crippen LogP contribution in [-0.2, 0) is 0 Å². The quantitative estimate of drug-likeness (QED) is 0.728. The van der Waals surface area contributed by atoms with Gasteiger partial charge in [-0.2, -0.15) is 0 Å². The van der Waals surface area contributed by atoms with Gasteiger partial charge in [0.05, 0.1) is 0 Å². The third kappa shape index (κ3) is 3.96. The standard InChI is InChI=1S/C18H17N3OS/c1-12-8-13(2)10-15(9-12)19-17(22)16-11-23-18(21-16)20-14-6-4-3-5-7-14/h3-11H,1-2H3,(H,19,22)(H,20,21). The van der Waals surface area contributed by atoms with E-state index in [-0.39, 0.29) is 5.91 Å². The van der Waals surface area contributed by atoms with E-state index >= 15 is 0 Å². The highest BCUT2D eigenvalue weighted by Crippen LogP contribution is 2.21. The number of rotatable bonds is 4. The number of anilines is 3. The van der Waals surface area contributed by atoms with Gasteiger partial charge in [0.1, 0.15) is 5.69 Å². The molecule has 0 atom stereocenters. The second kappa shape index (κ2) is 6.62. The monoisotopic (exact) mass is 323 g/mol. The maximum atomic E-state index is 12.3. The molecule has 1 amide bonds. The summed E-state index contributed by atoms with van der Waals surface area (Å²) in [6.45, 7) is 4.01. The third-order valence-corrected chi connectivity index (χ3v) is 4.00. The maximum absolute atomic E-state index is 12.3. The lowest BCUT2D eigenvalue weighted by Crippen LogP contribution is -2.12. The Labute approximate surface area is 139 Å². The van der Waals surface area contributed by atoms with Crippen LogP contribution in [0.5, 0.6) is 0 Å². The first-order valence-electron chi connectivity index (χ1n) is 7.27. The largest absolute Gasteiger partial charge is 0.332 e. The first kappa shape index (κ1) is 15.2. The van der Waals surface area contributed by atoms with Crippen LogP contribution in [-0.4, -0.2) is 10.9 Å². The summed E-state index contributed by atoms with van der Waals surface area (Å²) in [5.41, 5.74) is 4.38. The minimum Gasteiger partial charge on any atom is -0.332 e. The van der Waals surface area contributed by atoms with Crippen molar-refractivity contribution in [2.24, 2.45) is 0 Å². The van der Waals surface area contributed by atoms with Crippen LogP contribution in [0.2, 0.25) is 0 Å². The average Bonchev–Trinajstić information content (AvgIpc) is 2.96. The van der Waals surface area contributed by atoms with Crippen LogP contribution in [0, 0.1) is 13.8 Å². The lowest BCUT2D eigenvalue weighted by atomic mass is 10.1. The number of amides is 1. The fourth-order valence-electron chi connectivity index (χ4n) is 2.32. The van der Waals surface area contributed by atoms with E-state index < -0.39 is 0 Å². The number of carbonyl (C=O) groups is 1. The molecule has 0 unspecified atom stereocenters. The molecule has 4 nitrogen and oxygen atoms in total. The van der Waals surface area contributed by atoms with Gasteiger partial charge in [-0.1, -0.05) is 24.3 Å². The summed E-state index contributed by atoms with van der Waals surface area (Å²) < 4.78 is 0. The minimum absolute atomic E-state index is 0.202. The van der Waals surface area contributed by atoms with Gasteiger partial charge in [-0.05, 0) is 49.2 Å². The van der Waals surface area contributed by atoms with Crippen LogP contribution in [0.1, 0.15) is 21.6 Å². The fraction of sp³-hybridized carbons (Fsp3) is 0.111. The van der Waals surface area contributed by atoms with Gasteiger partial charge in [0.25, 0.3) is 5.91 Å². The van der Waals surface area contributed by atoms with Crippen LogP contribution >= 0.6 is 11.3 Å². The Morgan fingerprint density at radius 2 is 1.70 bits per heavy atom. The molecule has 0 radical (unpaired) electrons. The predicted molar refractivity (Wildman–Crippen MR) is 95.7 cm³/mol. The van der Waals surface area contributed by atoms with E-state index in [1.807, 2.05) is 56.3 Å². The molecule has 0 bridgehead atoms. The second-order valence-electron chi connectivity index (χ2n) is 5.36. The summed E-state index contributed by atoms with van der Waals surface area (Å²) in [4.78, 5) is 16.6. The number of hydrogen-bond donors (Lipinski definition) is 2. The molecule has 1 heterocycles. The topological polar surface area (TPSA) is 54.0 Å². The Morgan fingerprint density at radius 3 is 2.39 bits per heavy atom. The highest BCUT2D eigenvalue weighted by molar-refractivity contribution is 7.14. The molecule has 2 aromatic carbocycles. The van der Waals surface area contributed by atoms with Crippen LogP contribution < -0.4 is 10.6 Å². The Hall–Kier alpha value is -2.66. The summed E-state index contributed by atoms with van der Waals surface area (Å²) in [5, 5.41) is 8.53. The molecule has 0 saturated carbocycles. The van der Waals surface area contributed by atoms with Crippen molar-refractivity contribution in [1.82, 2.24) is 4.98 Å². The van der Waals surface area contributed by atoms with E-state index in [1.54, 1.807) is 5.38 Å². The molecule has 1 aromatic heterocycles. The number of aryl methyl sites for hydroxylation is 2. The third-order valence-electron chi connectivity index (χ3n) is 3.24. The smallest absolute Gasteiger partial charge is 0.275 e. The van der Waals surface area contributed by atoms with Crippen molar-refractivity contribution in [2.45, 2.75) is 13.8 Å². The van der Waals surface area contributed by atoms with Crippen molar-refractivity contribution >= 4 is 33.8 Å². The zero-order chi connectivity index (χ0) is 16.2. The molecule has 0 aliphatic heterocycles. The molecule has 2 N–H and O–H groups in total. The van der Waals surface area contributed by atoms with Gasteiger partial charge in [-0.25, -0.2) is 4.98 Å². The maximum Gasteiger partial charge on any atom is 0.275 e. The van der Waals surface area contributed by atoms with E-state index in [4.69, 9.17) is 0 Å². The van der Waals surface area contributed by atoms with Gasteiger partial charge in [-0.3, -0.25) is 4.79 Å². The molecule has 0 spiro atoms. The first-order valence-corrected chi connectivity index (χ1v) is 8.15. The second-order valence-corrected chi connectivity index (χ2v) is 6.22. The molecule has 3 rings (SSSR count). The van der Waals surface area contributed by atoms with Crippen LogP contribution in [0.4, 0.5) is 16.5 Å². The average molecular weight is 323 g/mol. The number of para-hydroxylation sites is 1. The Balaban J connectivity index is 1.71. The number of benzene rings is 2. The number of thiazole rings is 1. The number of hydrogen-bond acceptors (Lipinski definition) is 4. The number of carbonyl (C=O) groups excluding carboxylic acids is 1. The van der Waals surface area contributed by atoms with Crippen molar-refractivity contribution in [1.29, 1.82) is 0 Å². The van der Waals surface area contributed by atoms with Crippen molar-refractivity contribution in [3.63, 3.8) is 0 Å². The molecule has 0 aliphatic carbocycles. The summed E-state index contributed by atoms with van der Waals surface area (Å²) in [5.74, 6) is -0.202. The number of nitrogens with one attached hydrogen (secondary N) is 2.